The first kappa shape index (κ1) is 13.6. The lowest BCUT2D eigenvalue weighted by molar-refractivity contribution is 0.0383. The van der Waals surface area contributed by atoms with Crippen LogP contribution in [0, 0.1) is 5.41 Å². The predicted octanol–water partition coefficient (Wildman–Crippen LogP) is -0.175. The van der Waals surface area contributed by atoms with Gasteiger partial charge in [0, 0.05) is 39.1 Å². The van der Waals surface area contributed by atoms with Gasteiger partial charge in [0.25, 0.3) is 0 Å². The first-order valence-corrected chi connectivity index (χ1v) is 6.71. The Morgan fingerprint density at radius 3 is 2.72 bits per heavy atom. The van der Waals surface area contributed by atoms with Crippen molar-refractivity contribution in [1.29, 1.82) is 0 Å². The molecule has 104 valence electrons. The van der Waals surface area contributed by atoms with Crippen LogP contribution in [0.4, 0.5) is 0 Å². The van der Waals surface area contributed by atoms with Crippen LogP contribution in [0.15, 0.2) is 5.16 Å². The number of amidine groups is 1. The van der Waals surface area contributed by atoms with Crippen molar-refractivity contribution in [3.63, 3.8) is 0 Å². The Labute approximate surface area is 108 Å². The fourth-order valence-corrected chi connectivity index (χ4v) is 2.43. The third-order valence-electron chi connectivity index (χ3n) is 3.85. The quantitative estimate of drug-likeness (QED) is 0.194. The Kier molecular flexibility index (Phi) is 4.79. The van der Waals surface area contributed by atoms with Crippen molar-refractivity contribution in [1.82, 2.24) is 10.2 Å². The fourth-order valence-electron chi connectivity index (χ4n) is 2.43. The second-order valence-corrected chi connectivity index (χ2v) is 5.40. The average Bonchev–Trinajstić information content (AvgIpc) is 3.16. The van der Waals surface area contributed by atoms with Crippen molar-refractivity contribution >= 4 is 5.84 Å². The second-order valence-electron chi connectivity index (χ2n) is 5.40. The molecule has 0 aromatic carbocycles. The maximum atomic E-state index is 8.59. The number of oxime groups is 1. The van der Waals surface area contributed by atoms with Gasteiger partial charge >= 0.3 is 0 Å². The highest BCUT2D eigenvalue weighted by Crippen LogP contribution is 2.48. The Morgan fingerprint density at radius 2 is 2.11 bits per heavy atom. The zero-order valence-corrected chi connectivity index (χ0v) is 10.9. The molecule has 0 spiro atoms. The molecule has 0 aromatic heterocycles. The van der Waals surface area contributed by atoms with Gasteiger partial charge in [-0.2, -0.15) is 0 Å². The number of nitrogens with two attached hydrogens (primary N) is 1. The number of hydrogen-bond acceptors (Lipinski definition) is 5. The summed E-state index contributed by atoms with van der Waals surface area (Å²) >= 11 is 0. The van der Waals surface area contributed by atoms with Crippen molar-refractivity contribution in [2.24, 2.45) is 16.3 Å². The van der Waals surface area contributed by atoms with E-state index in [2.05, 4.69) is 15.4 Å². The highest BCUT2D eigenvalue weighted by Gasteiger charge is 2.42. The molecule has 1 aliphatic heterocycles. The van der Waals surface area contributed by atoms with E-state index in [9.17, 15) is 0 Å². The smallest absolute Gasteiger partial charge is 0.139 e. The molecule has 1 saturated carbocycles. The van der Waals surface area contributed by atoms with Gasteiger partial charge in [-0.25, -0.2) is 0 Å². The Morgan fingerprint density at radius 1 is 1.39 bits per heavy atom. The third-order valence-corrected chi connectivity index (χ3v) is 3.85. The molecule has 4 N–H and O–H groups in total. The molecule has 2 aliphatic rings. The van der Waals surface area contributed by atoms with Crippen molar-refractivity contribution in [2.75, 3.05) is 45.9 Å². The number of nitrogens with one attached hydrogen (secondary N) is 1. The van der Waals surface area contributed by atoms with Gasteiger partial charge in [-0.3, -0.25) is 4.90 Å². The van der Waals surface area contributed by atoms with Crippen LogP contribution in [0.5, 0.6) is 0 Å². The fraction of sp³-hybridized carbons (Fsp3) is 0.917. The molecule has 0 bridgehead atoms. The lowest BCUT2D eigenvalue weighted by Crippen LogP contribution is -2.41. The summed E-state index contributed by atoms with van der Waals surface area (Å²) in [5, 5.41) is 15.1. The van der Waals surface area contributed by atoms with Crippen LogP contribution in [-0.2, 0) is 4.74 Å². The third kappa shape index (κ3) is 4.12. The minimum Gasteiger partial charge on any atom is -0.409 e. The number of morpholine rings is 1. The molecule has 2 fully saturated rings. The average molecular weight is 256 g/mol. The Hall–Kier alpha value is -0.850. The molecule has 18 heavy (non-hydrogen) atoms. The monoisotopic (exact) mass is 256 g/mol. The van der Waals surface area contributed by atoms with Crippen molar-refractivity contribution in [3.8, 4) is 0 Å². The molecular formula is C12H24N4O2. The van der Waals surface area contributed by atoms with Crippen LogP contribution in [0.2, 0.25) is 0 Å². The predicted molar refractivity (Wildman–Crippen MR) is 69.8 cm³/mol. The van der Waals surface area contributed by atoms with Gasteiger partial charge in [-0.05, 0) is 18.3 Å². The van der Waals surface area contributed by atoms with Gasteiger partial charge in [-0.1, -0.05) is 5.16 Å². The van der Waals surface area contributed by atoms with E-state index < -0.39 is 0 Å². The highest BCUT2D eigenvalue weighted by molar-refractivity contribution is 5.80. The summed E-state index contributed by atoms with van der Waals surface area (Å²) in [6.07, 6.45) is 3.05. The zero-order chi connectivity index (χ0) is 12.8. The van der Waals surface area contributed by atoms with Gasteiger partial charge in [0.05, 0.1) is 13.2 Å². The molecular weight excluding hydrogens is 232 g/mol. The lowest BCUT2D eigenvalue weighted by Gasteiger charge is -2.27. The summed E-state index contributed by atoms with van der Waals surface area (Å²) in [6.45, 7) is 6.82. The SMILES string of the molecule is NC(CC1(CNCCN2CCOCC2)CC1)=NO. The van der Waals surface area contributed by atoms with Crippen molar-refractivity contribution in [3.05, 3.63) is 0 Å². The molecule has 1 heterocycles. The van der Waals surface area contributed by atoms with Crippen LogP contribution >= 0.6 is 0 Å². The Bertz CT molecular complexity index is 286. The number of rotatable bonds is 7. The topological polar surface area (TPSA) is 83.1 Å². The molecule has 1 saturated heterocycles. The molecule has 2 rings (SSSR count). The molecule has 0 aromatic rings. The number of nitrogens with zero attached hydrogens (tertiary/aromatic N) is 2. The lowest BCUT2D eigenvalue weighted by atomic mass is 10.0. The summed E-state index contributed by atoms with van der Waals surface area (Å²) in [6, 6.07) is 0. The van der Waals surface area contributed by atoms with E-state index >= 15 is 0 Å². The van der Waals surface area contributed by atoms with E-state index in [0.717, 1.165) is 45.9 Å². The summed E-state index contributed by atoms with van der Waals surface area (Å²) < 4.78 is 5.31. The minimum atomic E-state index is 0.251. The molecule has 0 unspecified atom stereocenters. The molecule has 0 amide bonds. The van der Waals surface area contributed by atoms with Crippen LogP contribution in [-0.4, -0.2) is 61.9 Å². The highest BCUT2D eigenvalue weighted by atomic mass is 16.5. The molecule has 1 aliphatic carbocycles. The first-order valence-electron chi connectivity index (χ1n) is 6.71. The van der Waals surface area contributed by atoms with Gasteiger partial charge in [0.2, 0.25) is 0 Å². The van der Waals surface area contributed by atoms with E-state index in [0.29, 0.717) is 12.3 Å². The van der Waals surface area contributed by atoms with Gasteiger partial charge in [-0.15, -0.1) is 0 Å². The van der Waals surface area contributed by atoms with Crippen LogP contribution in [0.25, 0.3) is 0 Å². The first-order chi connectivity index (χ1) is 8.74. The Balaban J connectivity index is 1.57. The van der Waals surface area contributed by atoms with E-state index in [1.54, 1.807) is 0 Å². The minimum absolute atomic E-state index is 0.251. The summed E-state index contributed by atoms with van der Waals surface area (Å²) in [5.41, 5.74) is 5.82. The van der Waals surface area contributed by atoms with Crippen LogP contribution in [0.1, 0.15) is 19.3 Å². The normalized spacial score (nSPS) is 24.1. The molecule has 6 nitrogen and oxygen atoms in total. The van der Waals surface area contributed by atoms with Crippen LogP contribution in [0.3, 0.4) is 0 Å². The number of hydrogen-bond donors (Lipinski definition) is 3. The van der Waals surface area contributed by atoms with E-state index in [-0.39, 0.29) is 5.41 Å². The summed E-state index contributed by atoms with van der Waals surface area (Å²) in [4.78, 5) is 2.42. The summed E-state index contributed by atoms with van der Waals surface area (Å²) in [5.74, 6) is 0.350. The van der Waals surface area contributed by atoms with E-state index in [4.69, 9.17) is 15.7 Å². The van der Waals surface area contributed by atoms with E-state index in [1.165, 1.54) is 12.8 Å². The van der Waals surface area contributed by atoms with Crippen molar-refractivity contribution in [2.45, 2.75) is 19.3 Å². The number of ether oxygens (including phenoxy) is 1. The molecule has 0 atom stereocenters. The van der Waals surface area contributed by atoms with Gasteiger partial charge in [0.15, 0.2) is 0 Å². The zero-order valence-electron chi connectivity index (χ0n) is 10.9. The van der Waals surface area contributed by atoms with E-state index in [1.807, 2.05) is 0 Å². The van der Waals surface area contributed by atoms with Gasteiger partial charge in [0.1, 0.15) is 5.84 Å². The molecule has 0 radical (unpaired) electrons. The summed E-state index contributed by atoms with van der Waals surface area (Å²) in [7, 11) is 0. The van der Waals surface area contributed by atoms with Crippen molar-refractivity contribution < 1.29 is 9.94 Å². The molecule has 6 heteroatoms. The largest absolute Gasteiger partial charge is 0.409 e. The maximum absolute atomic E-state index is 8.59. The standard InChI is InChI=1S/C12H24N4O2/c13-11(15-17)9-12(1-2-12)10-14-3-4-16-5-7-18-8-6-16/h14,17H,1-10H2,(H2,13,15). The maximum Gasteiger partial charge on any atom is 0.139 e. The van der Waals surface area contributed by atoms with Gasteiger partial charge < -0.3 is 21.0 Å². The second kappa shape index (κ2) is 6.36. The van der Waals surface area contributed by atoms with Crippen LogP contribution < -0.4 is 11.1 Å².